The number of carboxylic acids is 1. The number of nitrogens with zero attached hydrogens (tertiary/aromatic N) is 5. The highest BCUT2D eigenvalue weighted by Gasteiger charge is 2.23. The number of fused-ring (bicyclic) bond motifs is 1. The highest BCUT2D eigenvalue weighted by atomic mass is 32.1. The molecule has 32 heavy (non-hydrogen) atoms. The topological polar surface area (TPSA) is 127 Å². The lowest BCUT2D eigenvalue weighted by Crippen LogP contribution is -2.36. The summed E-state index contributed by atoms with van der Waals surface area (Å²) in [5.41, 5.74) is 9.21. The van der Waals surface area contributed by atoms with E-state index in [1.165, 1.54) is 0 Å². The van der Waals surface area contributed by atoms with Crippen molar-refractivity contribution in [2.75, 3.05) is 36.9 Å². The van der Waals surface area contributed by atoms with Gasteiger partial charge in [0.2, 0.25) is 5.95 Å². The van der Waals surface area contributed by atoms with Crippen molar-refractivity contribution in [2.24, 2.45) is 0 Å². The Bertz CT molecular complexity index is 1320. The zero-order valence-electron chi connectivity index (χ0n) is 17.3. The van der Waals surface area contributed by atoms with Crippen LogP contribution in [0.5, 0.6) is 0 Å². The Balaban J connectivity index is 1.72. The lowest BCUT2D eigenvalue weighted by molar-refractivity contribution is 0.0697. The van der Waals surface area contributed by atoms with Gasteiger partial charge in [-0.25, -0.2) is 24.7 Å². The second-order valence-corrected chi connectivity index (χ2v) is 8.44. The Labute approximate surface area is 187 Å². The fraction of sp³-hybridized carbons (Fsp3) is 0.227. The number of rotatable bonds is 4. The summed E-state index contributed by atoms with van der Waals surface area (Å²) >= 11 is 1.57. The van der Waals surface area contributed by atoms with Gasteiger partial charge in [0.15, 0.2) is 11.6 Å². The van der Waals surface area contributed by atoms with E-state index in [0.29, 0.717) is 24.6 Å². The molecule has 9 nitrogen and oxygen atoms in total. The number of thiophene rings is 1. The molecule has 3 N–H and O–H groups in total. The minimum Gasteiger partial charge on any atom is -0.478 e. The second kappa shape index (κ2) is 8.13. The van der Waals surface area contributed by atoms with Gasteiger partial charge in [0.05, 0.1) is 34.6 Å². The van der Waals surface area contributed by atoms with Crippen LogP contribution in [-0.4, -0.2) is 57.3 Å². The average molecular weight is 449 g/mol. The molecule has 0 bridgehead atoms. The summed E-state index contributed by atoms with van der Waals surface area (Å²) in [7, 11) is 0. The summed E-state index contributed by atoms with van der Waals surface area (Å²) < 4.78 is 6.48. The van der Waals surface area contributed by atoms with Crippen LogP contribution < -0.4 is 10.6 Å². The standard InChI is InChI=1S/C22H20N6O3S/c1-12-16-18(32-17(12)13-3-2-4-14(9-13)21(29)30)20(28-5-7-31-8-6-28)27-19(26-16)15-10-24-22(23)25-11-15/h2-4,9-11H,5-8H2,1H3,(H,29,30)(H2,23,24,25). The molecule has 0 spiro atoms. The summed E-state index contributed by atoms with van der Waals surface area (Å²) in [6.45, 7) is 4.71. The van der Waals surface area contributed by atoms with Crippen LogP contribution >= 0.6 is 11.3 Å². The third-order valence-electron chi connectivity index (χ3n) is 5.36. The van der Waals surface area contributed by atoms with Crippen LogP contribution in [0.1, 0.15) is 15.9 Å². The van der Waals surface area contributed by atoms with Gasteiger partial charge in [-0.2, -0.15) is 0 Å². The van der Waals surface area contributed by atoms with Gasteiger partial charge < -0.3 is 20.5 Å². The number of hydrogen-bond acceptors (Lipinski definition) is 9. The van der Waals surface area contributed by atoms with Crippen LogP contribution in [0, 0.1) is 6.92 Å². The molecule has 5 rings (SSSR count). The van der Waals surface area contributed by atoms with E-state index in [-0.39, 0.29) is 11.5 Å². The third-order valence-corrected chi connectivity index (χ3v) is 6.69. The first kappa shape index (κ1) is 20.3. The molecule has 1 aliphatic heterocycles. The van der Waals surface area contributed by atoms with Gasteiger partial charge in [-0.1, -0.05) is 12.1 Å². The lowest BCUT2D eigenvalue weighted by atomic mass is 10.1. The van der Waals surface area contributed by atoms with Crippen molar-refractivity contribution < 1.29 is 14.6 Å². The van der Waals surface area contributed by atoms with Gasteiger partial charge in [-0.15, -0.1) is 11.3 Å². The first-order valence-corrected chi connectivity index (χ1v) is 10.9. The molecule has 10 heteroatoms. The maximum absolute atomic E-state index is 11.5. The molecule has 0 aliphatic carbocycles. The van der Waals surface area contributed by atoms with E-state index in [1.54, 1.807) is 41.9 Å². The van der Waals surface area contributed by atoms with Crippen LogP contribution in [0.2, 0.25) is 0 Å². The quantitative estimate of drug-likeness (QED) is 0.483. The van der Waals surface area contributed by atoms with Gasteiger partial charge in [-0.05, 0) is 30.2 Å². The molecule has 1 saturated heterocycles. The highest BCUT2D eigenvalue weighted by Crippen LogP contribution is 2.42. The van der Waals surface area contributed by atoms with Crippen LogP contribution in [0.15, 0.2) is 36.7 Å². The van der Waals surface area contributed by atoms with Gasteiger partial charge in [0, 0.05) is 30.4 Å². The molecule has 0 saturated carbocycles. The molecule has 3 aromatic heterocycles. The van der Waals surface area contributed by atoms with Crippen molar-refractivity contribution in [1.29, 1.82) is 0 Å². The van der Waals surface area contributed by atoms with Crippen molar-refractivity contribution in [3.63, 3.8) is 0 Å². The Morgan fingerprint density at radius 3 is 2.62 bits per heavy atom. The highest BCUT2D eigenvalue weighted by molar-refractivity contribution is 7.23. The molecule has 1 aromatic carbocycles. The van der Waals surface area contributed by atoms with E-state index in [1.807, 2.05) is 13.0 Å². The number of aryl methyl sites for hydroxylation is 1. The molecule has 4 heterocycles. The Morgan fingerprint density at radius 1 is 1.16 bits per heavy atom. The Kier molecular flexibility index (Phi) is 5.16. The minimum atomic E-state index is -0.954. The molecule has 4 aromatic rings. The first-order valence-electron chi connectivity index (χ1n) is 10.1. The number of carbonyl (C=O) groups is 1. The minimum absolute atomic E-state index is 0.190. The smallest absolute Gasteiger partial charge is 0.335 e. The monoisotopic (exact) mass is 448 g/mol. The van der Waals surface area contributed by atoms with Crippen LogP contribution in [0.4, 0.5) is 11.8 Å². The molecule has 0 atom stereocenters. The van der Waals surface area contributed by atoms with Crippen molar-refractivity contribution in [2.45, 2.75) is 6.92 Å². The van der Waals surface area contributed by atoms with Gasteiger partial charge in [0.25, 0.3) is 0 Å². The Hall–Kier alpha value is -3.63. The van der Waals surface area contributed by atoms with E-state index in [4.69, 9.17) is 20.4 Å². The molecule has 0 amide bonds. The Morgan fingerprint density at radius 2 is 1.91 bits per heavy atom. The molecular weight excluding hydrogens is 428 g/mol. The lowest BCUT2D eigenvalue weighted by Gasteiger charge is -2.28. The largest absolute Gasteiger partial charge is 0.478 e. The maximum Gasteiger partial charge on any atom is 0.335 e. The average Bonchev–Trinajstić information content (AvgIpc) is 3.16. The second-order valence-electron chi connectivity index (χ2n) is 7.42. The summed E-state index contributed by atoms with van der Waals surface area (Å²) in [5.74, 6) is 0.588. The van der Waals surface area contributed by atoms with Crippen LogP contribution in [0.3, 0.4) is 0 Å². The SMILES string of the molecule is Cc1c(-c2cccc(C(=O)O)c2)sc2c(N3CCOCC3)nc(-c3cnc(N)nc3)nc12. The van der Waals surface area contributed by atoms with E-state index >= 15 is 0 Å². The summed E-state index contributed by atoms with van der Waals surface area (Å²) in [4.78, 5) is 32.5. The van der Waals surface area contributed by atoms with Crippen molar-refractivity contribution in [1.82, 2.24) is 19.9 Å². The number of nitrogen functional groups attached to an aromatic ring is 1. The fourth-order valence-electron chi connectivity index (χ4n) is 3.71. The number of morpholine rings is 1. The van der Waals surface area contributed by atoms with Gasteiger partial charge in [-0.3, -0.25) is 0 Å². The van der Waals surface area contributed by atoms with Crippen molar-refractivity contribution >= 4 is 39.3 Å². The van der Waals surface area contributed by atoms with Crippen molar-refractivity contribution in [3.8, 4) is 21.8 Å². The van der Waals surface area contributed by atoms with E-state index in [0.717, 1.165) is 45.1 Å². The van der Waals surface area contributed by atoms with E-state index < -0.39 is 5.97 Å². The maximum atomic E-state index is 11.5. The predicted octanol–water partition coefficient (Wildman–Crippen LogP) is 3.24. The number of aromatic carboxylic acids is 1. The number of benzene rings is 1. The predicted molar refractivity (Wildman–Crippen MR) is 123 cm³/mol. The number of anilines is 2. The number of aromatic nitrogens is 4. The molecule has 0 unspecified atom stereocenters. The zero-order chi connectivity index (χ0) is 22.2. The molecule has 1 fully saturated rings. The zero-order valence-corrected chi connectivity index (χ0v) is 18.1. The van der Waals surface area contributed by atoms with E-state index in [2.05, 4.69) is 14.9 Å². The first-order chi connectivity index (χ1) is 15.5. The summed E-state index contributed by atoms with van der Waals surface area (Å²) in [5, 5.41) is 9.40. The normalized spacial score (nSPS) is 14.1. The third kappa shape index (κ3) is 3.63. The number of ether oxygens (including phenoxy) is 1. The summed E-state index contributed by atoms with van der Waals surface area (Å²) in [6, 6.07) is 6.96. The number of nitrogens with two attached hydrogens (primary N) is 1. The van der Waals surface area contributed by atoms with Crippen LogP contribution in [0.25, 0.3) is 32.0 Å². The summed E-state index contributed by atoms with van der Waals surface area (Å²) in [6.07, 6.45) is 3.23. The fourth-order valence-corrected chi connectivity index (χ4v) is 4.97. The van der Waals surface area contributed by atoms with E-state index in [9.17, 15) is 9.90 Å². The molecule has 0 radical (unpaired) electrons. The van der Waals surface area contributed by atoms with Crippen LogP contribution in [-0.2, 0) is 4.74 Å². The van der Waals surface area contributed by atoms with Crippen molar-refractivity contribution in [3.05, 3.63) is 47.8 Å². The van der Waals surface area contributed by atoms with Gasteiger partial charge in [0.1, 0.15) is 0 Å². The molecule has 1 aliphatic rings. The molecular formula is C22H20N6O3S. The number of hydrogen-bond donors (Lipinski definition) is 2. The molecule has 162 valence electrons. The van der Waals surface area contributed by atoms with Gasteiger partial charge >= 0.3 is 5.97 Å². The number of carboxylic acid groups (broad SMARTS) is 1.